The van der Waals surface area contributed by atoms with E-state index >= 15 is 0 Å². The molecule has 250 valence electrons. The highest BCUT2D eigenvalue weighted by Gasteiger charge is 2.30. The molecule has 7 N–H and O–H groups in total. The van der Waals surface area contributed by atoms with Crippen LogP contribution >= 0.6 is 0 Å². The van der Waals surface area contributed by atoms with Crippen molar-refractivity contribution in [1.82, 2.24) is 4.90 Å². The summed E-state index contributed by atoms with van der Waals surface area (Å²) < 4.78 is 16.7. The molecular weight excluding hydrogens is 580 g/mol. The van der Waals surface area contributed by atoms with Crippen molar-refractivity contribution in [3.63, 3.8) is 0 Å². The zero-order valence-corrected chi connectivity index (χ0v) is 27.2. The number of anilines is 2. The maximum atomic E-state index is 13.1. The van der Waals surface area contributed by atoms with E-state index in [9.17, 15) is 24.9 Å². The number of carbonyl (C=O) groups excluding carboxylic acids is 2. The first kappa shape index (κ1) is 35.9. The van der Waals surface area contributed by atoms with Gasteiger partial charge in [0.25, 0.3) is 5.91 Å². The first-order chi connectivity index (χ1) is 21.4. The number of allylic oxidation sites excluding steroid dienone is 2. The normalized spacial score (nSPS) is 30.2. The second-order valence-corrected chi connectivity index (χ2v) is 12.1. The minimum Gasteiger partial charge on any atom is -0.506 e. The Kier molecular flexibility index (Phi) is 13.3. The molecule has 2 aliphatic rings. The number of aliphatic hydroxyl groups is 1. The van der Waals surface area contributed by atoms with Gasteiger partial charge in [0.1, 0.15) is 17.6 Å². The van der Waals surface area contributed by atoms with Crippen molar-refractivity contribution < 1.29 is 39.1 Å². The van der Waals surface area contributed by atoms with Crippen molar-refractivity contribution in [3.8, 4) is 11.5 Å². The lowest BCUT2D eigenvalue weighted by Crippen LogP contribution is -2.40. The van der Waals surface area contributed by atoms with Gasteiger partial charge in [-0.05, 0) is 57.7 Å². The van der Waals surface area contributed by atoms with Crippen LogP contribution in [0.5, 0.6) is 11.5 Å². The zero-order chi connectivity index (χ0) is 33.3. The standard InChI is InChI=1S/C33H50N4O8/c1-19-15-23-28(35-11-14-37-12-8-13-37)25(38)18-24(30(23)40)36-32(41)20(2)9-7-10-26(43-5)31(45-33(34)42)22(4)17-21(3)29(39)27(16-19)44-6/h7,9-10,17-19,21,26-27,29,31,35,38-40H,8,11-16H2,1-6H3,(H2,34,42)(H,36,41)/b10-7-,20-9-,22-17-/t19-,21+,26-,27-,29+,31-/m1/s1. The number of hydrogen-bond donors (Lipinski definition) is 6. The average Bonchev–Trinajstić information content (AvgIpc) is 2.96. The van der Waals surface area contributed by atoms with E-state index in [0.29, 0.717) is 41.8 Å². The van der Waals surface area contributed by atoms with E-state index in [-0.39, 0.29) is 23.1 Å². The van der Waals surface area contributed by atoms with E-state index in [2.05, 4.69) is 15.5 Å². The molecule has 0 aromatic heterocycles. The molecule has 0 spiro atoms. The first-order valence-electron chi connectivity index (χ1n) is 15.4. The molecule has 12 heteroatoms. The summed E-state index contributed by atoms with van der Waals surface area (Å²) in [5.74, 6) is -1.26. The van der Waals surface area contributed by atoms with Crippen molar-refractivity contribution >= 4 is 23.4 Å². The van der Waals surface area contributed by atoms with Crippen LogP contribution in [-0.2, 0) is 25.4 Å². The lowest BCUT2D eigenvalue weighted by atomic mass is 9.87. The molecular formula is C33H50N4O8. The fourth-order valence-corrected chi connectivity index (χ4v) is 5.75. The van der Waals surface area contributed by atoms with E-state index < -0.39 is 42.3 Å². The number of methoxy groups -OCH3 is 2. The molecule has 2 amide bonds. The van der Waals surface area contributed by atoms with Gasteiger partial charge in [0.2, 0.25) is 0 Å². The highest BCUT2D eigenvalue weighted by Crippen LogP contribution is 2.42. The Morgan fingerprint density at radius 3 is 2.49 bits per heavy atom. The molecule has 6 atom stereocenters. The molecule has 0 unspecified atom stereocenters. The number of amides is 2. The Labute approximate surface area is 265 Å². The third-order valence-corrected chi connectivity index (χ3v) is 8.51. The monoisotopic (exact) mass is 630 g/mol. The predicted molar refractivity (Wildman–Crippen MR) is 173 cm³/mol. The van der Waals surface area contributed by atoms with Crippen molar-refractivity contribution in [3.05, 3.63) is 47.1 Å². The van der Waals surface area contributed by atoms with Gasteiger partial charge in [0.15, 0.2) is 6.10 Å². The summed E-state index contributed by atoms with van der Waals surface area (Å²) in [6.07, 6.45) is 4.35. The summed E-state index contributed by atoms with van der Waals surface area (Å²) in [4.78, 5) is 27.2. The Hall–Kier alpha value is -3.58. The molecule has 45 heavy (non-hydrogen) atoms. The van der Waals surface area contributed by atoms with Gasteiger partial charge < -0.3 is 50.8 Å². The lowest BCUT2D eigenvalue weighted by Gasteiger charge is -2.31. The maximum absolute atomic E-state index is 13.1. The van der Waals surface area contributed by atoms with Gasteiger partial charge in [-0.3, -0.25) is 4.79 Å². The average molecular weight is 631 g/mol. The quantitative estimate of drug-likeness (QED) is 0.148. The molecule has 2 aliphatic heterocycles. The number of hydrogen-bond acceptors (Lipinski definition) is 10. The van der Waals surface area contributed by atoms with Gasteiger partial charge in [-0.25, -0.2) is 4.79 Å². The van der Waals surface area contributed by atoms with E-state index in [0.717, 1.165) is 19.6 Å². The van der Waals surface area contributed by atoms with Crippen LogP contribution in [0.4, 0.5) is 16.2 Å². The Bertz CT molecular complexity index is 1280. The molecule has 3 rings (SSSR count). The van der Waals surface area contributed by atoms with Crippen LogP contribution in [-0.4, -0.2) is 97.0 Å². The lowest BCUT2D eigenvalue weighted by molar-refractivity contribution is -0.112. The number of aromatic hydroxyl groups is 2. The molecule has 0 saturated carbocycles. The van der Waals surface area contributed by atoms with Crippen LogP contribution < -0.4 is 16.4 Å². The van der Waals surface area contributed by atoms with Gasteiger partial charge in [0, 0.05) is 50.4 Å². The second kappa shape index (κ2) is 16.6. The molecule has 2 bridgehead atoms. The van der Waals surface area contributed by atoms with E-state index in [1.165, 1.54) is 26.7 Å². The number of nitrogens with one attached hydrogen (secondary N) is 2. The fourth-order valence-electron chi connectivity index (χ4n) is 5.75. The van der Waals surface area contributed by atoms with Crippen molar-refractivity contribution in [1.29, 1.82) is 0 Å². The maximum Gasteiger partial charge on any atom is 0.405 e. The van der Waals surface area contributed by atoms with Crippen LogP contribution in [0.25, 0.3) is 0 Å². The largest absolute Gasteiger partial charge is 0.506 e. The van der Waals surface area contributed by atoms with E-state index in [1.54, 1.807) is 38.2 Å². The van der Waals surface area contributed by atoms with Gasteiger partial charge in [-0.1, -0.05) is 38.2 Å². The number of nitrogens with two attached hydrogens (primary N) is 1. The minimum atomic E-state index is -0.983. The molecule has 0 aliphatic carbocycles. The third kappa shape index (κ3) is 9.70. The smallest absolute Gasteiger partial charge is 0.405 e. The molecule has 1 aromatic carbocycles. The van der Waals surface area contributed by atoms with Crippen molar-refractivity contribution in [2.75, 3.05) is 51.0 Å². The third-order valence-electron chi connectivity index (χ3n) is 8.51. The van der Waals surface area contributed by atoms with Gasteiger partial charge in [-0.15, -0.1) is 0 Å². The number of benzene rings is 1. The molecule has 1 fully saturated rings. The van der Waals surface area contributed by atoms with Crippen LogP contribution in [0.2, 0.25) is 0 Å². The Morgan fingerprint density at radius 1 is 1.18 bits per heavy atom. The number of rotatable bonds is 7. The summed E-state index contributed by atoms with van der Waals surface area (Å²) >= 11 is 0. The van der Waals surface area contributed by atoms with Crippen molar-refractivity contribution in [2.45, 2.75) is 71.4 Å². The SMILES string of the molecule is CO[C@@H]1/C=C\C=C(\C)C(=O)Nc2cc(O)c(NCCN3CCC3)c(c2O)C[C@@H](C)C[C@@H](OC)[C@@H](O)[C@@H](C)/C=C(/C)[C@H]1OC(N)=O. The van der Waals surface area contributed by atoms with Crippen LogP contribution in [0.3, 0.4) is 0 Å². The summed E-state index contributed by atoms with van der Waals surface area (Å²) in [6.45, 7) is 10.6. The summed E-state index contributed by atoms with van der Waals surface area (Å²) in [5, 5.41) is 39.8. The van der Waals surface area contributed by atoms with Gasteiger partial charge in [0.05, 0.1) is 23.6 Å². The number of phenolic OH excluding ortho intramolecular Hbond substituents is 2. The second-order valence-electron chi connectivity index (χ2n) is 12.1. The van der Waals surface area contributed by atoms with Gasteiger partial charge >= 0.3 is 6.09 Å². The highest BCUT2D eigenvalue weighted by atomic mass is 16.6. The number of aliphatic hydroxyl groups excluding tert-OH is 1. The van der Waals surface area contributed by atoms with Crippen LogP contribution in [0.1, 0.15) is 46.1 Å². The number of phenols is 2. The number of primary amides is 1. The van der Waals surface area contributed by atoms with Crippen LogP contribution in [0, 0.1) is 11.8 Å². The minimum absolute atomic E-state index is 0.0732. The van der Waals surface area contributed by atoms with E-state index in [4.69, 9.17) is 19.9 Å². The van der Waals surface area contributed by atoms with Crippen molar-refractivity contribution in [2.24, 2.45) is 17.6 Å². The number of likely N-dealkylation sites (tertiary alicyclic amines) is 1. The number of carbonyl (C=O) groups is 2. The summed E-state index contributed by atoms with van der Waals surface area (Å²) in [7, 11) is 2.98. The molecule has 1 saturated heterocycles. The fraction of sp³-hybridized carbons (Fsp3) is 0.576. The predicted octanol–water partition coefficient (Wildman–Crippen LogP) is 3.68. The molecule has 0 radical (unpaired) electrons. The Morgan fingerprint density at radius 2 is 1.89 bits per heavy atom. The zero-order valence-electron chi connectivity index (χ0n) is 27.2. The number of fused-ring (bicyclic) bond motifs is 2. The topological polar surface area (TPSA) is 176 Å². The summed E-state index contributed by atoms with van der Waals surface area (Å²) in [5.41, 5.74) is 7.24. The Balaban J connectivity index is 2.05. The number of nitrogens with zero attached hydrogens (tertiary/aromatic N) is 1. The number of ether oxygens (including phenoxy) is 3. The molecule has 1 aromatic rings. The molecule has 12 nitrogen and oxygen atoms in total. The van der Waals surface area contributed by atoms with E-state index in [1.807, 2.05) is 13.8 Å². The summed E-state index contributed by atoms with van der Waals surface area (Å²) in [6, 6.07) is 1.34. The highest BCUT2D eigenvalue weighted by molar-refractivity contribution is 6.04. The van der Waals surface area contributed by atoms with Gasteiger partial charge in [-0.2, -0.15) is 0 Å². The van der Waals surface area contributed by atoms with Crippen LogP contribution in [0.15, 0.2) is 41.5 Å². The molecule has 2 heterocycles. The first-order valence-corrected chi connectivity index (χ1v) is 15.4.